The third-order valence-corrected chi connectivity index (χ3v) is 5.02. The molecule has 1 spiro atoms. The molecule has 9 heteroatoms. The van der Waals surface area contributed by atoms with Gasteiger partial charge in [0.2, 0.25) is 5.91 Å². The summed E-state index contributed by atoms with van der Waals surface area (Å²) in [5.41, 5.74) is -3.23. The number of aliphatic hydroxyl groups is 1. The zero-order valence-corrected chi connectivity index (χ0v) is 15.6. The molecule has 0 aromatic carbocycles. The maximum Gasteiger partial charge on any atom is 0.337 e. The second-order valence-corrected chi connectivity index (χ2v) is 8.61. The first-order chi connectivity index (χ1) is 11.8. The molecule has 1 heterocycles. The number of imide groups is 1. The molecule has 146 valence electrons. The lowest BCUT2D eigenvalue weighted by molar-refractivity contribution is -0.156. The van der Waals surface area contributed by atoms with Crippen LogP contribution in [0.3, 0.4) is 0 Å². The predicted molar refractivity (Wildman–Crippen MR) is 91.0 cm³/mol. The predicted octanol–water partition coefficient (Wildman–Crippen LogP) is 0.0750. The van der Waals surface area contributed by atoms with E-state index >= 15 is 0 Å². The van der Waals surface area contributed by atoms with Gasteiger partial charge in [0.25, 0.3) is 5.91 Å². The number of hydrogen-bond acceptors (Lipinski definition) is 5. The number of carbonyl (C=O) groups excluding carboxylic acids is 3. The van der Waals surface area contributed by atoms with Crippen LogP contribution in [0.4, 0.5) is 4.79 Å². The lowest BCUT2D eigenvalue weighted by Crippen LogP contribution is -2.54. The third-order valence-electron chi connectivity index (χ3n) is 5.02. The van der Waals surface area contributed by atoms with Crippen molar-refractivity contribution in [3.63, 3.8) is 0 Å². The number of urea groups is 1. The molecule has 4 amide bonds. The number of amides is 4. The highest BCUT2D eigenvalue weighted by atomic mass is 16.4. The minimum atomic E-state index is -2.13. The molecule has 1 saturated heterocycles. The van der Waals surface area contributed by atoms with E-state index in [-0.39, 0.29) is 11.3 Å². The van der Waals surface area contributed by atoms with E-state index in [0.717, 1.165) is 18.2 Å². The number of carbonyl (C=O) groups is 4. The Bertz CT molecular complexity index is 644. The summed E-state index contributed by atoms with van der Waals surface area (Å²) in [6, 6.07) is -0.625. The third kappa shape index (κ3) is 3.98. The summed E-state index contributed by atoms with van der Waals surface area (Å²) in [6.45, 7) is 6.13. The van der Waals surface area contributed by atoms with Gasteiger partial charge in [-0.25, -0.2) is 9.59 Å². The Hall–Kier alpha value is -2.16. The lowest BCUT2D eigenvalue weighted by Gasteiger charge is -2.43. The van der Waals surface area contributed by atoms with E-state index in [9.17, 15) is 24.3 Å². The lowest BCUT2D eigenvalue weighted by atomic mass is 9.64. The molecule has 9 nitrogen and oxygen atoms in total. The highest BCUT2D eigenvalue weighted by Crippen LogP contribution is 2.46. The Balaban J connectivity index is 2.05. The van der Waals surface area contributed by atoms with Gasteiger partial charge in [-0.15, -0.1) is 0 Å². The standard InChI is InChI=1S/C17H27N3O6/c1-10-5-15(2,3)8-17(6-10)12(22)20(14(25)19-17)7-11(21)18-9-16(4,26)13(23)24/h10,26H,5-9H2,1-4H3,(H,18,21)(H,19,25)(H,23,24). The second-order valence-electron chi connectivity index (χ2n) is 8.61. The summed E-state index contributed by atoms with van der Waals surface area (Å²) in [7, 11) is 0. The molecule has 3 atom stereocenters. The zero-order valence-electron chi connectivity index (χ0n) is 15.6. The Morgan fingerprint density at radius 3 is 2.50 bits per heavy atom. The normalized spacial score (nSPS) is 30.0. The minimum Gasteiger partial charge on any atom is -0.479 e. The highest BCUT2D eigenvalue weighted by Gasteiger charge is 2.56. The fourth-order valence-corrected chi connectivity index (χ4v) is 4.20. The summed E-state index contributed by atoms with van der Waals surface area (Å²) >= 11 is 0. The van der Waals surface area contributed by atoms with Crippen LogP contribution in [-0.2, 0) is 14.4 Å². The van der Waals surface area contributed by atoms with Crippen LogP contribution in [-0.4, -0.2) is 63.2 Å². The van der Waals surface area contributed by atoms with Crippen molar-refractivity contribution in [2.75, 3.05) is 13.1 Å². The quantitative estimate of drug-likeness (QED) is 0.507. The SMILES string of the molecule is CC1CC(C)(C)CC2(C1)NC(=O)N(CC(=O)NCC(C)(O)C(=O)O)C2=O. The number of aliphatic carboxylic acids is 1. The maximum absolute atomic E-state index is 12.9. The Kier molecular flexibility index (Phi) is 5.06. The van der Waals surface area contributed by atoms with Gasteiger partial charge in [0.15, 0.2) is 5.60 Å². The van der Waals surface area contributed by atoms with Crippen molar-refractivity contribution in [3.05, 3.63) is 0 Å². The van der Waals surface area contributed by atoms with Crippen molar-refractivity contribution < 1.29 is 29.4 Å². The fourth-order valence-electron chi connectivity index (χ4n) is 4.20. The van der Waals surface area contributed by atoms with Gasteiger partial charge >= 0.3 is 12.0 Å². The van der Waals surface area contributed by atoms with E-state index in [4.69, 9.17) is 5.11 Å². The van der Waals surface area contributed by atoms with Gasteiger partial charge in [-0.2, -0.15) is 0 Å². The zero-order chi connectivity index (χ0) is 19.9. The van der Waals surface area contributed by atoms with Crippen LogP contribution in [0.15, 0.2) is 0 Å². The van der Waals surface area contributed by atoms with Gasteiger partial charge in [-0.1, -0.05) is 20.8 Å². The van der Waals surface area contributed by atoms with Crippen molar-refractivity contribution in [1.29, 1.82) is 0 Å². The van der Waals surface area contributed by atoms with Crippen molar-refractivity contribution in [2.45, 2.75) is 58.1 Å². The summed E-state index contributed by atoms with van der Waals surface area (Å²) in [6.07, 6.45) is 1.97. The van der Waals surface area contributed by atoms with E-state index < -0.39 is 48.0 Å². The van der Waals surface area contributed by atoms with Crippen molar-refractivity contribution in [3.8, 4) is 0 Å². The summed E-state index contributed by atoms with van der Waals surface area (Å²) < 4.78 is 0. The largest absolute Gasteiger partial charge is 0.479 e. The maximum atomic E-state index is 12.9. The van der Waals surface area contributed by atoms with Gasteiger partial charge in [-0.05, 0) is 37.5 Å². The summed E-state index contributed by atoms with van der Waals surface area (Å²) in [4.78, 5) is 48.9. The van der Waals surface area contributed by atoms with E-state index in [1.54, 1.807) is 0 Å². The van der Waals surface area contributed by atoms with Crippen molar-refractivity contribution in [1.82, 2.24) is 15.5 Å². The molecule has 0 aromatic rings. The Labute approximate surface area is 152 Å². The van der Waals surface area contributed by atoms with Crippen molar-refractivity contribution >= 4 is 23.8 Å². The Morgan fingerprint density at radius 2 is 1.96 bits per heavy atom. The van der Waals surface area contributed by atoms with E-state index in [0.29, 0.717) is 12.8 Å². The summed E-state index contributed by atoms with van der Waals surface area (Å²) in [5, 5.41) is 23.5. The van der Waals surface area contributed by atoms with Crippen LogP contribution in [0.2, 0.25) is 0 Å². The minimum absolute atomic E-state index is 0.112. The van der Waals surface area contributed by atoms with E-state index in [1.165, 1.54) is 0 Å². The van der Waals surface area contributed by atoms with Gasteiger partial charge in [0, 0.05) is 0 Å². The summed E-state index contributed by atoms with van der Waals surface area (Å²) in [5.74, 6) is -2.37. The molecule has 26 heavy (non-hydrogen) atoms. The first-order valence-corrected chi connectivity index (χ1v) is 8.65. The van der Waals surface area contributed by atoms with Crippen molar-refractivity contribution in [2.24, 2.45) is 11.3 Å². The van der Waals surface area contributed by atoms with E-state index in [2.05, 4.69) is 10.6 Å². The van der Waals surface area contributed by atoms with Crippen LogP contribution in [0.5, 0.6) is 0 Å². The van der Waals surface area contributed by atoms with Gasteiger partial charge in [-0.3, -0.25) is 14.5 Å². The smallest absolute Gasteiger partial charge is 0.337 e. The second kappa shape index (κ2) is 6.53. The number of carboxylic acid groups (broad SMARTS) is 1. The number of nitrogens with zero attached hydrogens (tertiary/aromatic N) is 1. The topological polar surface area (TPSA) is 136 Å². The highest BCUT2D eigenvalue weighted by molar-refractivity contribution is 6.09. The monoisotopic (exact) mass is 369 g/mol. The molecular weight excluding hydrogens is 342 g/mol. The molecular formula is C17H27N3O6. The van der Waals surface area contributed by atoms with Gasteiger partial charge in [0.1, 0.15) is 12.1 Å². The molecule has 2 fully saturated rings. The molecule has 2 aliphatic rings. The van der Waals surface area contributed by atoms with Gasteiger partial charge < -0.3 is 20.8 Å². The van der Waals surface area contributed by atoms with Crippen LogP contribution < -0.4 is 10.6 Å². The fraction of sp³-hybridized carbons (Fsp3) is 0.765. The molecule has 3 unspecified atom stereocenters. The molecule has 1 aliphatic carbocycles. The average Bonchev–Trinajstić information content (AvgIpc) is 2.66. The molecule has 1 saturated carbocycles. The molecule has 4 N–H and O–H groups in total. The first-order valence-electron chi connectivity index (χ1n) is 8.65. The number of nitrogens with one attached hydrogen (secondary N) is 2. The van der Waals surface area contributed by atoms with Gasteiger partial charge in [0.05, 0.1) is 6.54 Å². The Morgan fingerprint density at radius 1 is 1.35 bits per heavy atom. The number of rotatable bonds is 5. The molecule has 2 rings (SSSR count). The van der Waals surface area contributed by atoms with Crippen LogP contribution in [0, 0.1) is 11.3 Å². The number of carboxylic acids is 1. The van der Waals surface area contributed by atoms with E-state index in [1.807, 2.05) is 20.8 Å². The average molecular weight is 369 g/mol. The molecule has 0 radical (unpaired) electrons. The van der Waals surface area contributed by atoms with Crippen LogP contribution >= 0.6 is 0 Å². The molecule has 0 bridgehead atoms. The van der Waals surface area contributed by atoms with Crippen LogP contribution in [0.1, 0.15) is 47.0 Å². The molecule has 0 aromatic heterocycles. The first kappa shape index (κ1) is 20.2. The molecule has 1 aliphatic heterocycles. The van der Waals surface area contributed by atoms with Crippen LogP contribution in [0.25, 0.3) is 0 Å². The number of hydrogen-bond donors (Lipinski definition) is 4.